The molecule has 0 amide bonds. The van der Waals surface area contributed by atoms with Crippen LogP contribution >= 0.6 is 0 Å². The molecule has 0 aromatic heterocycles. The lowest BCUT2D eigenvalue weighted by atomic mass is 9.93. The molecule has 5 nitrogen and oxygen atoms in total. The number of aryl methyl sites for hydroxylation is 1. The standard InChI is InChI=1S/C20H26O5/c1-14(21)12-16(22)13-18(23)20-17-10-7-6-9-15(17)8-4-2-3-5-11-19(24)25-20/h6-7,9-10,16,20,22H,2-5,8,11-13H2,1H3/t16-,20-/m1/s1. The van der Waals surface area contributed by atoms with Crippen LogP contribution in [0.5, 0.6) is 0 Å². The molecule has 2 rings (SSSR count). The molecule has 0 radical (unpaired) electrons. The third kappa shape index (κ3) is 6.09. The van der Waals surface area contributed by atoms with Crippen LogP contribution in [0.15, 0.2) is 24.3 Å². The summed E-state index contributed by atoms with van der Waals surface area (Å²) in [6.07, 6.45) is 2.54. The van der Waals surface area contributed by atoms with Crippen LogP contribution in [0, 0.1) is 0 Å². The molecule has 1 aromatic carbocycles. The van der Waals surface area contributed by atoms with E-state index >= 15 is 0 Å². The van der Waals surface area contributed by atoms with E-state index in [0.717, 1.165) is 37.7 Å². The third-order valence-electron chi connectivity index (χ3n) is 4.42. The highest BCUT2D eigenvalue weighted by atomic mass is 16.5. The average molecular weight is 346 g/mol. The monoisotopic (exact) mass is 346 g/mol. The first-order valence-corrected chi connectivity index (χ1v) is 8.95. The van der Waals surface area contributed by atoms with Gasteiger partial charge in [0, 0.05) is 24.8 Å². The maximum atomic E-state index is 12.7. The number of rotatable bonds is 5. The zero-order valence-corrected chi connectivity index (χ0v) is 14.7. The molecule has 1 heterocycles. The van der Waals surface area contributed by atoms with Crippen LogP contribution in [-0.2, 0) is 25.5 Å². The molecule has 25 heavy (non-hydrogen) atoms. The molecule has 0 saturated carbocycles. The Hall–Kier alpha value is -2.01. The molecule has 1 N–H and O–H groups in total. The summed E-state index contributed by atoms with van der Waals surface area (Å²) in [5.74, 6) is -0.940. The molecule has 1 aromatic rings. The lowest BCUT2D eigenvalue weighted by Crippen LogP contribution is -2.25. The summed E-state index contributed by atoms with van der Waals surface area (Å²) in [7, 11) is 0. The molecule has 0 aliphatic carbocycles. The van der Waals surface area contributed by atoms with E-state index in [1.165, 1.54) is 6.92 Å². The number of benzene rings is 1. The van der Waals surface area contributed by atoms with Gasteiger partial charge in [-0.15, -0.1) is 0 Å². The molecule has 5 heteroatoms. The van der Waals surface area contributed by atoms with Crippen LogP contribution in [0.2, 0.25) is 0 Å². The first kappa shape index (κ1) is 19.3. The van der Waals surface area contributed by atoms with Crippen LogP contribution < -0.4 is 0 Å². The van der Waals surface area contributed by atoms with Gasteiger partial charge in [-0.25, -0.2) is 0 Å². The Labute approximate surface area is 148 Å². The normalized spacial score (nSPS) is 19.9. The molecule has 2 atom stereocenters. The summed E-state index contributed by atoms with van der Waals surface area (Å²) in [6.45, 7) is 1.37. The highest BCUT2D eigenvalue weighted by Gasteiger charge is 2.29. The van der Waals surface area contributed by atoms with Crippen LogP contribution in [0.4, 0.5) is 0 Å². The van der Waals surface area contributed by atoms with Gasteiger partial charge in [-0.2, -0.15) is 0 Å². The molecule has 0 bridgehead atoms. The number of ether oxygens (including phenoxy) is 1. The number of aliphatic hydroxyl groups is 1. The summed E-state index contributed by atoms with van der Waals surface area (Å²) >= 11 is 0. The topological polar surface area (TPSA) is 80.7 Å². The van der Waals surface area contributed by atoms with Crippen molar-refractivity contribution in [2.24, 2.45) is 0 Å². The summed E-state index contributed by atoms with van der Waals surface area (Å²) < 4.78 is 5.49. The number of Topliss-reactive ketones (excluding diaryl/α,β-unsaturated/α-hetero) is 2. The minimum Gasteiger partial charge on any atom is -0.449 e. The van der Waals surface area contributed by atoms with Gasteiger partial charge < -0.3 is 9.84 Å². The maximum Gasteiger partial charge on any atom is 0.306 e. The number of fused-ring (bicyclic) bond motifs is 1. The second-order valence-corrected chi connectivity index (χ2v) is 6.71. The lowest BCUT2D eigenvalue weighted by Gasteiger charge is -2.21. The maximum absolute atomic E-state index is 12.7. The molecule has 0 spiro atoms. The molecule has 0 saturated heterocycles. The van der Waals surface area contributed by atoms with Gasteiger partial charge in [-0.1, -0.05) is 37.1 Å². The first-order chi connectivity index (χ1) is 12.0. The van der Waals surface area contributed by atoms with Crippen LogP contribution in [0.25, 0.3) is 0 Å². The second-order valence-electron chi connectivity index (χ2n) is 6.71. The predicted octanol–water partition coefficient (Wildman–Crippen LogP) is 3.08. The van der Waals surface area contributed by atoms with Gasteiger partial charge in [-0.05, 0) is 31.7 Å². The predicted molar refractivity (Wildman–Crippen MR) is 93.0 cm³/mol. The molecular formula is C20H26O5. The minimum absolute atomic E-state index is 0.0753. The molecule has 1 aliphatic heterocycles. The van der Waals surface area contributed by atoms with E-state index in [9.17, 15) is 19.5 Å². The van der Waals surface area contributed by atoms with Gasteiger partial charge in [-0.3, -0.25) is 14.4 Å². The van der Waals surface area contributed by atoms with Gasteiger partial charge in [0.25, 0.3) is 0 Å². The zero-order valence-electron chi connectivity index (χ0n) is 14.7. The van der Waals surface area contributed by atoms with E-state index in [0.29, 0.717) is 12.0 Å². The van der Waals surface area contributed by atoms with E-state index in [1.807, 2.05) is 18.2 Å². The Morgan fingerprint density at radius 3 is 2.52 bits per heavy atom. The SMILES string of the molecule is CC(=O)C[C@@H](O)CC(=O)[C@@H]1OC(=O)CCCCCCc2ccccc21. The van der Waals surface area contributed by atoms with E-state index < -0.39 is 18.2 Å². The number of hydrogen-bond acceptors (Lipinski definition) is 5. The number of carbonyl (C=O) groups excluding carboxylic acids is 3. The van der Waals surface area contributed by atoms with Crippen molar-refractivity contribution in [1.29, 1.82) is 0 Å². The summed E-state index contributed by atoms with van der Waals surface area (Å²) in [6, 6.07) is 7.48. The summed E-state index contributed by atoms with van der Waals surface area (Å²) in [5, 5.41) is 9.92. The number of carbonyl (C=O) groups is 3. The van der Waals surface area contributed by atoms with E-state index in [2.05, 4.69) is 0 Å². The third-order valence-corrected chi connectivity index (χ3v) is 4.42. The molecule has 0 unspecified atom stereocenters. The van der Waals surface area contributed by atoms with Crippen LogP contribution in [-0.4, -0.2) is 28.7 Å². The number of ketones is 2. The Morgan fingerprint density at radius 2 is 1.80 bits per heavy atom. The van der Waals surface area contributed by atoms with E-state index in [-0.39, 0.29) is 24.4 Å². The largest absolute Gasteiger partial charge is 0.449 e. The Bertz CT molecular complexity index is 622. The highest BCUT2D eigenvalue weighted by molar-refractivity contribution is 5.88. The summed E-state index contributed by atoms with van der Waals surface area (Å²) in [5.41, 5.74) is 1.69. The number of aliphatic hydroxyl groups excluding tert-OH is 1. The van der Waals surface area contributed by atoms with Gasteiger partial charge >= 0.3 is 5.97 Å². The average Bonchev–Trinajstić information content (AvgIpc) is 2.58. The van der Waals surface area contributed by atoms with Crippen molar-refractivity contribution in [3.63, 3.8) is 0 Å². The Balaban J connectivity index is 2.25. The lowest BCUT2D eigenvalue weighted by molar-refractivity contribution is -0.156. The number of cyclic esters (lactones) is 1. The van der Waals surface area contributed by atoms with E-state index in [4.69, 9.17) is 4.74 Å². The molecule has 136 valence electrons. The van der Waals surface area contributed by atoms with Crippen molar-refractivity contribution in [2.45, 2.75) is 70.5 Å². The fourth-order valence-electron chi connectivity index (χ4n) is 3.19. The highest BCUT2D eigenvalue weighted by Crippen LogP contribution is 2.28. The summed E-state index contributed by atoms with van der Waals surface area (Å²) in [4.78, 5) is 35.9. The number of esters is 1. The van der Waals surface area contributed by atoms with Gasteiger partial charge in [0.15, 0.2) is 11.9 Å². The quantitative estimate of drug-likeness (QED) is 0.829. The first-order valence-electron chi connectivity index (χ1n) is 8.95. The fourth-order valence-corrected chi connectivity index (χ4v) is 3.19. The van der Waals surface area contributed by atoms with Gasteiger partial charge in [0.2, 0.25) is 0 Å². The molecule has 0 fully saturated rings. The van der Waals surface area contributed by atoms with Crippen molar-refractivity contribution in [3.8, 4) is 0 Å². The van der Waals surface area contributed by atoms with Crippen molar-refractivity contribution in [3.05, 3.63) is 35.4 Å². The fraction of sp³-hybridized carbons (Fsp3) is 0.550. The molecule has 1 aliphatic rings. The smallest absolute Gasteiger partial charge is 0.306 e. The second kappa shape index (κ2) is 9.47. The minimum atomic E-state index is -1.05. The number of hydrogen-bond donors (Lipinski definition) is 1. The van der Waals surface area contributed by atoms with Crippen LogP contribution in [0.1, 0.15) is 69.1 Å². The van der Waals surface area contributed by atoms with Crippen molar-refractivity contribution in [1.82, 2.24) is 0 Å². The van der Waals surface area contributed by atoms with Crippen molar-refractivity contribution in [2.75, 3.05) is 0 Å². The Kier molecular flexibility index (Phi) is 7.31. The van der Waals surface area contributed by atoms with Crippen molar-refractivity contribution < 1.29 is 24.2 Å². The Morgan fingerprint density at radius 1 is 1.12 bits per heavy atom. The van der Waals surface area contributed by atoms with Crippen molar-refractivity contribution >= 4 is 17.5 Å². The van der Waals surface area contributed by atoms with Gasteiger partial charge in [0.05, 0.1) is 6.10 Å². The van der Waals surface area contributed by atoms with Crippen LogP contribution in [0.3, 0.4) is 0 Å². The molecular weight excluding hydrogens is 320 g/mol. The zero-order chi connectivity index (χ0) is 18.2. The van der Waals surface area contributed by atoms with Gasteiger partial charge in [0.1, 0.15) is 5.78 Å². The van der Waals surface area contributed by atoms with E-state index in [1.54, 1.807) is 6.07 Å².